The van der Waals surface area contributed by atoms with E-state index in [-0.39, 0.29) is 11.8 Å². The average molecular weight is 261 g/mol. The van der Waals surface area contributed by atoms with Gasteiger partial charge in [-0.05, 0) is 19.4 Å². The largest absolute Gasteiger partial charge is 0.372 e. The molecule has 2 saturated heterocycles. The normalized spacial score (nSPS) is 26.9. The summed E-state index contributed by atoms with van der Waals surface area (Å²) in [5.41, 5.74) is 0.957. The molecule has 2 atom stereocenters. The maximum atomic E-state index is 11.7. The topological polar surface area (TPSA) is 70.2 Å². The molecule has 0 saturated carbocycles. The first-order chi connectivity index (χ1) is 9.28. The lowest BCUT2D eigenvalue weighted by atomic mass is 9.91. The Hall–Kier alpha value is -1.69. The number of nitrogens with one attached hydrogen (secondary N) is 2. The van der Waals surface area contributed by atoms with Gasteiger partial charge in [0.1, 0.15) is 5.82 Å². The van der Waals surface area contributed by atoms with Crippen molar-refractivity contribution in [2.75, 3.05) is 25.5 Å². The van der Waals surface area contributed by atoms with Gasteiger partial charge < -0.3 is 10.6 Å². The van der Waals surface area contributed by atoms with E-state index in [9.17, 15) is 4.79 Å². The number of aromatic nitrogens is 2. The fraction of sp³-hybridized carbons (Fsp3) is 0.615. The van der Waals surface area contributed by atoms with Gasteiger partial charge in [0.15, 0.2) is 0 Å². The Labute approximate surface area is 112 Å². The molecule has 2 fully saturated rings. The van der Waals surface area contributed by atoms with Gasteiger partial charge >= 0.3 is 0 Å². The number of nitrogens with zero attached hydrogens (tertiary/aromatic N) is 3. The predicted octanol–water partition coefficient (Wildman–Crippen LogP) is 0.229. The molecule has 6 heteroatoms. The predicted molar refractivity (Wildman–Crippen MR) is 71.5 cm³/mol. The summed E-state index contributed by atoms with van der Waals surface area (Å²) in [5.74, 6) is 1.16. The second-order valence-corrected chi connectivity index (χ2v) is 5.17. The van der Waals surface area contributed by atoms with Crippen molar-refractivity contribution in [3.05, 3.63) is 18.1 Å². The van der Waals surface area contributed by atoms with E-state index in [1.807, 2.05) is 7.05 Å². The van der Waals surface area contributed by atoms with Gasteiger partial charge in [0.05, 0.1) is 24.0 Å². The number of carbonyl (C=O) groups excluding carboxylic acids is 1. The maximum absolute atomic E-state index is 11.7. The van der Waals surface area contributed by atoms with Gasteiger partial charge in [-0.25, -0.2) is 4.98 Å². The van der Waals surface area contributed by atoms with Gasteiger partial charge in [-0.3, -0.25) is 14.7 Å². The Balaban J connectivity index is 1.69. The third kappa shape index (κ3) is 2.40. The van der Waals surface area contributed by atoms with E-state index in [1.54, 1.807) is 12.4 Å². The molecule has 0 radical (unpaired) electrons. The van der Waals surface area contributed by atoms with E-state index in [0.29, 0.717) is 6.04 Å². The van der Waals surface area contributed by atoms with Crippen LogP contribution in [-0.2, 0) is 11.3 Å². The van der Waals surface area contributed by atoms with Crippen molar-refractivity contribution in [3.63, 3.8) is 0 Å². The zero-order valence-electron chi connectivity index (χ0n) is 11.1. The van der Waals surface area contributed by atoms with Gasteiger partial charge in [0.2, 0.25) is 5.91 Å². The number of likely N-dealkylation sites (tertiary alicyclic amines) is 1. The third-order valence-corrected chi connectivity index (χ3v) is 4.04. The zero-order valence-corrected chi connectivity index (χ0v) is 11.1. The van der Waals surface area contributed by atoms with Crippen molar-refractivity contribution < 1.29 is 4.79 Å². The molecular formula is C13H19N5O. The Kier molecular flexibility index (Phi) is 3.33. The van der Waals surface area contributed by atoms with E-state index in [1.165, 1.54) is 0 Å². The third-order valence-electron chi connectivity index (χ3n) is 4.04. The molecule has 1 aromatic heterocycles. The SMILES string of the molecule is CNc1cnc(CN2CCCC3C(=O)NCC32)cn1. The summed E-state index contributed by atoms with van der Waals surface area (Å²) in [6, 6.07) is 0.326. The molecule has 2 N–H and O–H groups in total. The highest BCUT2D eigenvalue weighted by molar-refractivity contribution is 5.82. The van der Waals surface area contributed by atoms with Crippen LogP contribution < -0.4 is 10.6 Å². The number of hydrogen-bond donors (Lipinski definition) is 2. The van der Waals surface area contributed by atoms with E-state index in [4.69, 9.17) is 0 Å². The molecule has 2 aliphatic rings. The summed E-state index contributed by atoms with van der Waals surface area (Å²) in [4.78, 5) is 22.8. The smallest absolute Gasteiger partial charge is 0.224 e. The molecule has 6 nitrogen and oxygen atoms in total. The molecule has 19 heavy (non-hydrogen) atoms. The zero-order chi connectivity index (χ0) is 13.2. The number of hydrogen-bond acceptors (Lipinski definition) is 5. The average Bonchev–Trinajstić information content (AvgIpc) is 2.83. The number of carbonyl (C=O) groups is 1. The second-order valence-electron chi connectivity index (χ2n) is 5.17. The monoisotopic (exact) mass is 261 g/mol. The van der Waals surface area contributed by atoms with Crippen LogP contribution >= 0.6 is 0 Å². The van der Waals surface area contributed by atoms with Crippen molar-refractivity contribution in [2.24, 2.45) is 5.92 Å². The molecular weight excluding hydrogens is 242 g/mol. The molecule has 0 spiro atoms. The minimum atomic E-state index is 0.165. The van der Waals surface area contributed by atoms with Gasteiger partial charge in [-0.2, -0.15) is 0 Å². The van der Waals surface area contributed by atoms with Crippen LogP contribution in [0.15, 0.2) is 12.4 Å². The summed E-state index contributed by atoms with van der Waals surface area (Å²) >= 11 is 0. The van der Waals surface area contributed by atoms with Crippen molar-refractivity contribution in [1.29, 1.82) is 0 Å². The van der Waals surface area contributed by atoms with Gasteiger partial charge in [-0.1, -0.05) is 0 Å². The summed E-state index contributed by atoms with van der Waals surface area (Å²) < 4.78 is 0. The quantitative estimate of drug-likeness (QED) is 0.815. The van der Waals surface area contributed by atoms with Crippen LogP contribution in [0.1, 0.15) is 18.5 Å². The van der Waals surface area contributed by atoms with Gasteiger partial charge in [-0.15, -0.1) is 0 Å². The maximum Gasteiger partial charge on any atom is 0.224 e. The Morgan fingerprint density at radius 2 is 2.37 bits per heavy atom. The highest BCUT2D eigenvalue weighted by Crippen LogP contribution is 2.28. The van der Waals surface area contributed by atoms with Crippen LogP contribution in [0.25, 0.3) is 0 Å². The fourth-order valence-electron chi connectivity index (χ4n) is 3.01. The van der Waals surface area contributed by atoms with Crippen molar-refractivity contribution in [1.82, 2.24) is 20.2 Å². The van der Waals surface area contributed by atoms with Crippen LogP contribution in [0.4, 0.5) is 5.82 Å². The van der Waals surface area contributed by atoms with Crippen LogP contribution in [0, 0.1) is 5.92 Å². The van der Waals surface area contributed by atoms with E-state index in [2.05, 4.69) is 25.5 Å². The Morgan fingerprint density at radius 1 is 1.47 bits per heavy atom. The van der Waals surface area contributed by atoms with Crippen LogP contribution in [0.3, 0.4) is 0 Å². The van der Waals surface area contributed by atoms with E-state index < -0.39 is 0 Å². The minimum absolute atomic E-state index is 0.165. The van der Waals surface area contributed by atoms with E-state index >= 15 is 0 Å². The van der Waals surface area contributed by atoms with Crippen molar-refractivity contribution in [3.8, 4) is 0 Å². The summed E-state index contributed by atoms with van der Waals surface area (Å²) in [5, 5.41) is 5.93. The number of piperidine rings is 1. The lowest BCUT2D eigenvalue weighted by Crippen LogP contribution is -2.45. The molecule has 3 heterocycles. The molecule has 3 rings (SSSR count). The van der Waals surface area contributed by atoms with Crippen molar-refractivity contribution in [2.45, 2.75) is 25.4 Å². The molecule has 2 unspecified atom stereocenters. The molecule has 1 aromatic rings. The van der Waals surface area contributed by atoms with Crippen LogP contribution in [0.5, 0.6) is 0 Å². The standard InChI is InChI=1S/C13H19N5O/c1-14-12-7-15-9(5-16-12)8-18-4-2-3-10-11(18)6-17-13(10)19/h5,7,10-11H,2-4,6,8H2,1H3,(H,14,16)(H,17,19). The second kappa shape index (κ2) is 5.13. The minimum Gasteiger partial charge on any atom is -0.372 e. The first-order valence-corrected chi connectivity index (χ1v) is 6.78. The van der Waals surface area contributed by atoms with Crippen LogP contribution in [-0.4, -0.2) is 47.0 Å². The molecule has 2 aliphatic heterocycles. The molecule has 0 bridgehead atoms. The van der Waals surface area contributed by atoms with Crippen LogP contribution in [0.2, 0.25) is 0 Å². The van der Waals surface area contributed by atoms with Gasteiger partial charge in [0.25, 0.3) is 0 Å². The molecule has 0 aliphatic carbocycles. The lowest BCUT2D eigenvalue weighted by molar-refractivity contribution is -0.124. The van der Waals surface area contributed by atoms with Gasteiger partial charge in [0, 0.05) is 26.2 Å². The fourth-order valence-corrected chi connectivity index (χ4v) is 3.01. The number of fused-ring (bicyclic) bond motifs is 1. The molecule has 0 aromatic carbocycles. The highest BCUT2D eigenvalue weighted by Gasteiger charge is 2.40. The Morgan fingerprint density at radius 3 is 3.11 bits per heavy atom. The lowest BCUT2D eigenvalue weighted by Gasteiger charge is -2.35. The Bertz CT molecular complexity index is 461. The summed E-state index contributed by atoms with van der Waals surface area (Å²) in [7, 11) is 1.83. The first kappa shape index (κ1) is 12.3. The highest BCUT2D eigenvalue weighted by atomic mass is 16.2. The summed E-state index contributed by atoms with van der Waals surface area (Å²) in [6.45, 7) is 2.57. The summed E-state index contributed by atoms with van der Waals surface area (Å²) in [6.07, 6.45) is 5.64. The molecule has 102 valence electrons. The number of amides is 1. The number of anilines is 1. The van der Waals surface area contributed by atoms with E-state index in [0.717, 1.165) is 44.0 Å². The van der Waals surface area contributed by atoms with Crippen molar-refractivity contribution >= 4 is 11.7 Å². The molecule has 1 amide bonds. The number of rotatable bonds is 3. The first-order valence-electron chi connectivity index (χ1n) is 6.78.